The molecule has 4 aromatic rings. The average Bonchev–Trinajstić information content (AvgIpc) is 3.33. The number of rotatable bonds is 8. The standard InChI is InChI=1S/C28H28N2O7S2/c1-20-8-10-25(11-9-20)39(33,34)37-27(16-21-12-14-36-15-13-21)26-18-22-17-23(35-2)19-29-28(22)30(26)38(31,32)24-6-4-3-5-7-24/h3-11,16-19,21H,12-15H2,1-2H3. The van der Waals surface area contributed by atoms with Gasteiger partial charge in [-0.15, -0.1) is 0 Å². The molecule has 0 unspecified atom stereocenters. The lowest BCUT2D eigenvalue weighted by Gasteiger charge is -2.21. The van der Waals surface area contributed by atoms with Crippen LogP contribution in [0.5, 0.6) is 5.75 Å². The predicted molar refractivity (Wildman–Crippen MR) is 146 cm³/mol. The van der Waals surface area contributed by atoms with Crippen LogP contribution in [0.25, 0.3) is 16.8 Å². The number of methoxy groups -OCH3 is 1. The zero-order chi connectivity index (χ0) is 27.6. The van der Waals surface area contributed by atoms with Crippen molar-refractivity contribution in [2.75, 3.05) is 20.3 Å². The first-order valence-corrected chi connectivity index (χ1v) is 15.2. The normalized spacial score (nSPS) is 15.4. The van der Waals surface area contributed by atoms with Gasteiger partial charge in [0.1, 0.15) is 16.3 Å². The lowest BCUT2D eigenvalue weighted by molar-refractivity contribution is 0.0784. The fourth-order valence-electron chi connectivity index (χ4n) is 4.40. The van der Waals surface area contributed by atoms with Gasteiger partial charge in [-0.05, 0) is 68.2 Å². The van der Waals surface area contributed by atoms with Gasteiger partial charge < -0.3 is 13.7 Å². The number of fused-ring (bicyclic) bond motifs is 1. The highest BCUT2D eigenvalue weighted by Crippen LogP contribution is 2.34. The molecule has 3 heterocycles. The Kier molecular flexibility index (Phi) is 7.48. The predicted octanol–water partition coefficient (Wildman–Crippen LogP) is 4.76. The summed E-state index contributed by atoms with van der Waals surface area (Å²) in [6.07, 6.45) is 4.36. The summed E-state index contributed by atoms with van der Waals surface area (Å²) in [6, 6.07) is 17.3. The number of benzene rings is 2. The molecule has 1 saturated heterocycles. The van der Waals surface area contributed by atoms with Gasteiger partial charge in [0.25, 0.3) is 10.0 Å². The molecule has 2 aromatic carbocycles. The van der Waals surface area contributed by atoms with Crippen LogP contribution in [0.15, 0.2) is 88.8 Å². The molecule has 0 bridgehead atoms. The average molecular weight is 569 g/mol. The Labute approximate surface area is 227 Å². The summed E-state index contributed by atoms with van der Waals surface area (Å²) in [5.41, 5.74) is 1.04. The summed E-state index contributed by atoms with van der Waals surface area (Å²) in [6.45, 7) is 2.86. The van der Waals surface area contributed by atoms with Crippen LogP contribution in [0.3, 0.4) is 0 Å². The van der Waals surface area contributed by atoms with Crippen LogP contribution < -0.4 is 4.74 Å². The highest BCUT2D eigenvalue weighted by Gasteiger charge is 2.30. The van der Waals surface area contributed by atoms with Crippen molar-refractivity contribution in [3.05, 3.63) is 90.3 Å². The van der Waals surface area contributed by atoms with E-state index >= 15 is 0 Å². The molecule has 0 atom stereocenters. The lowest BCUT2D eigenvalue weighted by atomic mass is 9.99. The molecule has 2 aromatic heterocycles. The topological polar surface area (TPSA) is 114 Å². The van der Waals surface area contributed by atoms with E-state index in [4.69, 9.17) is 13.7 Å². The highest BCUT2D eigenvalue weighted by atomic mass is 32.2. The van der Waals surface area contributed by atoms with Gasteiger partial charge in [-0.1, -0.05) is 35.9 Å². The van der Waals surface area contributed by atoms with Gasteiger partial charge in [0.05, 0.1) is 18.2 Å². The minimum absolute atomic E-state index is 0.0215. The fraction of sp³-hybridized carbons (Fsp3) is 0.250. The second-order valence-corrected chi connectivity index (χ2v) is 12.6. The van der Waals surface area contributed by atoms with E-state index in [1.165, 1.54) is 37.6 Å². The molecule has 0 spiro atoms. The Bertz CT molecular complexity index is 1720. The Hall–Kier alpha value is -3.67. The Morgan fingerprint density at radius 3 is 2.33 bits per heavy atom. The Morgan fingerprint density at radius 2 is 1.67 bits per heavy atom. The second-order valence-electron chi connectivity index (χ2n) is 9.23. The van der Waals surface area contributed by atoms with Gasteiger partial charge in [0, 0.05) is 18.6 Å². The van der Waals surface area contributed by atoms with E-state index in [1.807, 2.05) is 6.92 Å². The molecule has 0 radical (unpaired) electrons. The SMILES string of the molecule is COc1cnc2c(c1)cc(C(=CC1CCOCC1)OS(=O)(=O)c1ccc(C)cc1)n2S(=O)(=O)c1ccccc1. The Morgan fingerprint density at radius 1 is 0.974 bits per heavy atom. The van der Waals surface area contributed by atoms with Crippen molar-refractivity contribution < 1.29 is 30.5 Å². The van der Waals surface area contributed by atoms with Gasteiger partial charge in [0.15, 0.2) is 11.4 Å². The summed E-state index contributed by atoms with van der Waals surface area (Å²) in [7, 11) is -7.03. The van der Waals surface area contributed by atoms with Crippen molar-refractivity contribution in [3.63, 3.8) is 0 Å². The first-order valence-electron chi connectivity index (χ1n) is 12.4. The summed E-state index contributed by atoms with van der Waals surface area (Å²) in [4.78, 5) is 4.34. The molecular formula is C28H28N2O7S2. The van der Waals surface area contributed by atoms with Crippen LogP contribution in [0.4, 0.5) is 0 Å². The smallest absolute Gasteiger partial charge is 0.339 e. The van der Waals surface area contributed by atoms with Crippen molar-refractivity contribution in [1.82, 2.24) is 8.96 Å². The monoisotopic (exact) mass is 568 g/mol. The molecule has 204 valence electrons. The van der Waals surface area contributed by atoms with Crippen molar-refractivity contribution in [3.8, 4) is 5.75 Å². The highest BCUT2D eigenvalue weighted by molar-refractivity contribution is 7.90. The molecule has 1 aliphatic heterocycles. The van der Waals surface area contributed by atoms with E-state index in [9.17, 15) is 16.8 Å². The van der Waals surface area contributed by atoms with E-state index in [0.717, 1.165) is 9.54 Å². The van der Waals surface area contributed by atoms with Gasteiger partial charge in [-0.2, -0.15) is 8.42 Å². The zero-order valence-corrected chi connectivity index (χ0v) is 23.1. The van der Waals surface area contributed by atoms with Gasteiger partial charge in [-0.25, -0.2) is 17.4 Å². The van der Waals surface area contributed by atoms with E-state index in [0.29, 0.717) is 37.2 Å². The maximum absolute atomic E-state index is 14.0. The molecule has 9 nitrogen and oxygen atoms in total. The summed E-state index contributed by atoms with van der Waals surface area (Å²) in [5.74, 6) is 0.237. The summed E-state index contributed by atoms with van der Waals surface area (Å²) in [5, 5.41) is 0.443. The minimum atomic E-state index is -4.31. The van der Waals surface area contributed by atoms with Crippen LogP contribution in [-0.4, -0.2) is 46.1 Å². The third kappa shape index (κ3) is 5.56. The van der Waals surface area contributed by atoms with Crippen LogP contribution in [0.1, 0.15) is 24.1 Å². The second kappa shape index (κ2) is 10.8. The quantitative estimate of drug-likeness (QED) is 0.221. The molecule has 0 amide bonds. The third-order valence-corrected chi connectivity index (χ3v) is 9.47. The summed E-state index contributed by atoms with van der Waals surface area (Å²) >= 11 is 0. The number of aromatic nitrogens is 2. The number of hydrogen-bond donors (Lipinski definition) is 0. The van der Waals surface area contributed by atoms with Crippen LogP contribution in [0.2, 0.25) is 0 Å². The number of aryl methyl sites for hydroxylation is 1. The first-order chi connectivity index (χ1) is 18.7. The number of pyridine rings is 1. The van der Waals surface area contributed by atoms with E-state index in [1.54, 1.807) is 48.5 Å². The van der Waals surface area contributed by atoms with Crippen molar-refractivity contribution in [1.29, 1.82) is 0 Å². The number of ether oxygens (including phenoxy) is 2. The van der Waals surface area contributed by atoms with Gasteiger partial charge in [0.2, 0.25) is 0 Å². The van der Waals surface area contributed by atoms with Crippen molar-refractivity contribution >= 4 is 36.9 Å². The van der Waals surface area contributed by atoms with Crippen LogP contribution in [0, 0.1) is 12.8 Å². The number of hydrogen-bond acceptors (Lipinski definition) is 8. The molecule has 1 fully saturated rings. The molecule has 11 heteroatoms. The number of nitrogens with zero attached hydrogens (tertiary/aromatic N) is 2. The lowest BCUT2D eigenvalue weighted by Crippen LogP contribution is -2.19. The van der Waals surface area contributed by atoms with E-state index in [2.05, 4.69) is 4.98 Å². The van der Waals surface area contributed by atoms with E-state index in [-0.39, 0.29) is 32.8 Å². The molecule has 39 heavy (non-hydrogen) atoms. The third-order valence-electron chi connectivity index (χ3n) is 6.51. The van der Waals surface area contributed by atoms with Gasteiger partial charge in [-0.3, -0.25) is 0 Å². The minimum Gasteiger partial charge on any atom is -0.495 e. The van der Waals surface area contributed by atoms with Crippen LogP contribution >= 0.6 is 0 Å². The molecule has 0 aliphatic carbocycles. The fourth-order valence-corrected chi connectivity index (χ4v) is 6.83. The van der Waals surface area contributed by atoms with Gasteiger partial charge >= 0.3 is 10.1 Å². The van der Waals surface area contributed by atoms with Crippen molar-refractivity contribution in [2.24, 2.45) is 5.92 Å². The molecule has 0 saturated carbocycles. The molecule has 0 N–H and O–H groups in total. The molecular weight excluding hydrogens is 540 g/mol. The number of allylic oxidation sites excluding steroid dienone is 1. The van der Waals surface area contributed by atoms with Crippen molar-refractivity contribution in [2.45, 2.75) is 29.6 Å². The van der Waals surface area contributed by atoms with Crippen LogP contribution in [-0.2, 0) is 29.1 Å². The van der Waals surface area contributed by atoms with E-state index < -0.39 is 20.1 Å². The zero-order valence-electron chi connectivity index (χ0n) is 21.5. The first kappa shape index (κ1) is 26.9. The maximum Gasteiger partial charge on any atom is 0.339 e. The largest absolute Gasteiger partial charge is 0.495 e. The molecule has 5 rings (SSSR count). The molecule has 1 aliphatic rings. The maximum atomic E-state index is 14.0. The summed E-state index contributed by atoms with van der Waals surface area (Å²) < 4.78 is 72.4. The Balaban J connectivity index is 1.74.